The largest absolute Gasteiger partial charge is 0.395 e. The van der Waals surface area contributed by atoms with Crippen LogP contribution in [0.25, 0.3) is 0 Å². The summed E-state index contributed by atoms with van der Waals surface area (Å²) in [5.74, 6) is -0.339. The summed E-state index contributed by atoms with van der Waals surface area (Å²) in [5, 5.41) is 12.2. The van der Waals surface area contributed by atoms with Crippen LogP contribution >= 0.6 is 11.6 Å². The van der Waals surface area contributed by atoms with Gasteiger partial charge in [0.15, 0.2) is 0 Å². The Balaban J connectivity index is 2.59. The predicted molar refractivity (Wildman–Crippen MR) is 54.8 cm³/mol. The molecule has 0 aliphatic carbocycles. The molecular weight excluding hydrogens is 205 g/mol. The molecular formula is C10H13ClFNO. The van der Waals surface area contributed by atoms with Crippen molar-refractivity contribution < 1.29 is 9.50 Å². The van der Waals surface area contributed by atoms with Gasteiger partial charge in [0.05, 0.1) is 6.61 Å². The van der Waals surface area contributed by atoms with Crippen LogP contribution in [0, 0.1) is 5.82 Å². The van der Waals surface area contributed by atoms with Gasteiger partial charge < -0.3 is 10.4 Å². The molecule has 0 fully saturated rings. The lowest BCUT2D eigenvalue weighted by Gasteiger charge is -2.11. The Labute approximate surface area is 87.7 Å². The SMILES string of the molecule is C[C@H](CO)NCc1ccc(F)cc1Cl. The average molecular weight is 218 g/mol. The van der Waals surface area contributed by atoms with E-state index in [2.05, 4.69) is 5.32 Å². The topological polar surface area (TPSA) is 32.3 Å². The number of hydrogen-bond acceptors (Lipinski definition) is 2. The quantitative estimate of drug-likeness (QED) is 0.808. The Morgan fingerprint density at radius 1 is 1.57 bits per heavy atom. The lowest BCUT2D eigenvalue weighted by atomic mass is 10.2. The van der Waals surface area contributed by atoms with E-state index in [1.54, 1.807) is 6.07 Å². The standard InChI is InChI=1S/C10H13ClFNO/c1-7(6-14)13-5-8-2-3-9(12)4-10(8)11/h2-4,7,13-14H,5-6H2,1H3/t7-/m1/s1. The first-order valence-electron chi connectivity index (χ1n) is 4.41. The monoisotopic (exact) mass is 217 g/mol. The van der Waals surface area contributed by atoms with E-state index >= 15 is 0 Å². The summed E-state index contributed by atoms with van der Waals surface area (Å²) >= 11 is 5.81. The molecule has 1 aromatic rings. The lowest BCUT2D eigenvalue weighted by Crippen LogP contribution is -2.28. The van der Waals surface area contributed by atoms with Crippen LogP contribution in [-0.4, -0.2) is 17.8 Å². The maximum atomic E-state index is 12.7. The van der Waals surface area contributed by atoms with Gasteiger partial charge in [-0.2, -0.15) is 0 Å². The van der Waals surface area contributed by atoms with Crippen molar-refractivity contribution in [2.24, 2.45) is 0 Å². The number of hydrogen-bond donors (Lipinski definition) is 2. The van der Waals surface area contributed by atoms with E-state index in [0.717, 1.165) is 5.56 Å². The fraction of sp³-hybridized carbons (Fsp3) is 0.400. The van der Waals surface area contributed by atoms with Crippen LogP contribution < -0.4 is 5.32 Å². The molecule has 0 aliphatic heterocycles. The van der Waals surface area contributed by atoms with E-state index in [1.807, 2.05) is 6.92 Å². The predicted octanol–water partition coefficient (Wildman–Crippen LogP) is 1.95. The van der Waals surface area contributed by atoms with Crippen LogP contribution in [0.2, 0.25) is 5.02 Å². The molecule has 78 valence electrons. The van der Waals surface area contributed by atoms with Crippen LogP contribution in [-0.2, 0) is 6.54 Å². The second-order valence-corrected chi connectivity index (χ2v) is 3.61. The molecule has 0 saturated heterocycles. The normalized spacial score (nSPS) is 12.9. The van der Waals surface area contributed by atoms with E-state index in [0.29, 0.717) is 11.6 Å². The minimum Gasteiger partial charge on any atom is -0.395 e. The zero-order chi connectivity index (χ0) is 10.6. The summed E-state index contributed by atoms with van der Waals surface area (Å²) in [6.07, 6.45) is 0. The minimum atomic E-state index is -0.339. The summed E-state index contributed by atoms with van der Waals surface area (Å²) in [6.45, 7) is 2.46. The Hall–Kier alpha value is -0.640. The molecule has 0 radical (unpaired) electrons. The zero-order valence-corrected chi connectivity index (χ0v) is 8.68. The highest BCUT2D eigenvalue weighted by molar-refractivity contribution is 6.31. The van der Waals surface area contributed by atoms with E-state index in [1.165, 1.54) is 12.1 Å². The van der Waals surface area contributed by atoms with E-state index in [9.17, 15) is 4.39 Å². The van der Waals surface area contributed by atoms with Crippen molar-refractivity contribution in [3.05, 3.63) is 34.6 Å². The van der Waals surface area contributed by atoms with Crippen molar-refractivity contribution in [1.29, 1.82) is 0 Å². The minimum absolute atomic E-state index is 0.0103. The van der Waals surface area contributed by atoms with Crippen LogP contribution in [0.4, 0.5) is 4.39 Å². The number of halogens is 2. The van der Waals surface area contributed by atoms with Gasteiger partial charge in [0.2, 0.25) is 0 Å². The van der Waals surface area contributed by atoms with Crippen molar-refractivity contribution in [1.82, 2.24) is 5.32 Å². The summed E-state index contributed by atoms with van der Waals surface area (Å²) in [7, 11) is 0. The number of nitrogens with one attached hydrogen (secondary N) is 1. The summed E-state index contributed by atoms with van der Waals surface area (Å²) in [4.78, 5) is 0. The lowest BCUT2D eigenvalue weighted by molar-refractivity contribution is 0.251. The first-order valence-corrected chi connectivity index (χ1v) is 4.79. The highest BCUT2D eigenvalue weighted by Gasteiger charge is 2.03. The van der Waals surface area contributed by atoms with Crippen molar-refractivity contribution in [2.75, 3.05) is 6.61 Å². The number of aliphatic hydroxyl groups is 1. The van der Waals surface area contributed by atoms with Crippen LogP contribution in [0.5, 0.6) is 0 Å². The molecule has 0 saturated carbocycles. The van der Waals surface area contributed by atoms with Gasteiger partial charge in [-0.15, -0.1) is 0 Å². The second kappa shape index (κ2) is 5.29. The third-order valence-electron chi connectivity index (χ3n) is 1.93. The molecule has 0 aromatic heterocycles. The van der Waals surface area contributed by atoms with Gasteiger partial charge in [0.1, 0.15) is 5.82 Å². The summed E-state index contributed by atoms with van der Waals surface area (Å²) in [6, 6.07) is 4.29. The van der Waals surface area contributed by atoms with Crippen LogP contribution in [0.1, 0.15) is 12.5 Å². The molecule has 2 N–H and O–H groups in total. The molecule has 14 heavy (non-hydrogen) atoms. The fourth-order valence-corrected chi connectivity index (χ4v) is 1.25. The van der Waals surface area contributed by atoms with E-state index in [4.69, 9.17) is 16.7 Å². The van der Waals surface area contributed by atoms with Gasteiger partial charge >= 0.3 is 0 Å². The first kappa shape index (κ1) is 11.4. The molecule has 0 spiro atoms. The Morgan fingerprint density at radius 2 is 2.29 bits per heavy atom. The van der Waals surface area contributed by atoms with E-state index < -0.39 is 0 Å². The highest BCUT2D eigenvalue weighted by atomic mass is 35.5. The van der Waals surface area contributed by atoms with Gasteiger partial charge in [0, 0.05) is 17.6 Å². The average Bonchev–Trinajstić information content (AvgIpc) is 2.16. The molecule has 0 bridgehead atoms. The van der Waals surface area contributed by atoms with Crippen molar-refractivity contribution in [2.45, 2.75) is 19.5 Å². The number of rotatable bonds is 4. The molecule has 0 heterocycles. The maximum Gasteiger partial charge on any atom is 0.124 e. The van der Waals surface area contributed by atoms with Crippen molar-refractivity contribution in [3.63, 3.8) is 0 Å². The molecule has 0 unspecified atom stereocenters. The Kier molecular flexibility index (Phi) is 4.32. The number of aliphatic hydroxyl groups excluding tert-OH is 1. The van der Waals surface area contributed by atoms with Crippen molar-refractivity contribution >= 4 is 11.6 Å². The molecule has 4 heteroatoms. The zero-order valence-electron chi connectivity index (χ0n) is 7.93. The van der Waals surface area contributed by atoms with Gasteiger partial charge in [-0.25, -0.2) is 4.39 Å². The fourth-order valence-electron chi connectivity index (χ4n) is 1.01. The number of benzene rings is 1. The van der Waals surface area contributed by atoms with E-state index in [-0.39, 0.29) is 18.5 Å². The van der Waals surface area contributed by atoms with Gasteiger partial charge in [-0.3, -0.25) is 0 Å². The Bertz CT molecular complexity index is 306. The maximum absolute atomic E-state index is 12.7. The van der Waals surface area contributed by atoms with Gasteiger partial charge in [0.25, 0.3) is 0 Å². The Morgan fingerprint density at radius 3 is 2.86 bits per heavy atom. The first-order chi connectivity index (χ1) is 6.63. The molecule has 0 aliphatic rings. The van der Waals surface area contributed by atoms with Crippen LogP contribution in [0.15, 0.2) is 18.2 Å². The smallest absolute Gasteiger partial charge is 0.124 e. The molecule has 2 nitrogen and oxygen atoms in total. The third kappa shape index (κ3) is 3.25. The van der Waals surface area contributed by atoms with Crippen molar-refractivity contribution in [3.8, 4) is 0 Å². The molecule has 0 amide bonds. The molecule has 1 aromatic carbocycles. The highest BCUT2D eigenvalue weighted by Crippen LogP contribution is 2.16. The third-order valence-corrected chi connectivity index (χ3v) is 2.28. The van der Waals surface area contributed by atoms with Crippen LogP contribution in [0.3, 0.4) is 0 Å². The summed E-state index contributed by atoms with van der Waals surface area (Å²) < 4.78 is 12.7. The van der Waals surface area contributed by atoms with Gasteiger partial charge in [-0.1, -0.05) is 17.7 Å². The molecule has 1 atom stereocenters. The second-order valence-electron chi connectivity index (χ2n) is 3.20. The molecule has 1 rings (SSSR count). The summed E-state index contributed by atoms with van der Waals surface area (Å²) in [5.41, 5.74) is 0.827. The van der Waals surface area contributed by atoms with Gasteiger partial charge in [-0.05, 0) is 24.6 Å².